The zero-order valence-corrected chi connectivity index (χ0v) is 21.5. The van der Waals surface area contributed by atoms with Crippen LogP contribution in [-0.4, -0.2) is 37.7 Å². The molecule has 0 saturated heterocycles. The summed E-state index contributed by atoms with van der Waals surface area (Å²) in [5.74, 6) is -0.482. The van der Waals surface area contributed by atoms with Gasteiger partial charge in [-0.1, -0.05) is 42.8 Å². The first kappa shape index (κ1) is 26.2. The van der Waals surface area contributed by atoms with Crippen LogP contribution in [0.4, 0.5) is 5.69 Å². The number of aryl methyl sites for hydroxylation is 1. The molecule has 4 rings (SSSR count). The molecule has 7 heteroatoms. The zero-order chi connectivity index (χ0) is 25.9. The van der Waals surface area contributed by atoms with Gasteiger partial charge in [-0.05, 0) is 79.3 Å². The maximum absolute atomic E-state index is 12.0. The van der Waals surface area contributed by atoms with Crippen LogP contribution >= 0.6 is 0 Å². The normalized spacial score (nSPS) is 17.1. The van der Waals surface area contributed by atoms with Gasteiger partial charge in [-0.15, -0.1) is 0 Å². The summed E-state index contributed by atoms with van der Waals surface area (Å²) in [6.07, 6.45) is 2.14. The van der Waals surface area contributed by atoms with Gasteiger partial charge >= 0.3 is 5.97 Å². The third-order valence-corrected chi connectivity index (χ3v) is 7.34. The Morgan fingerprint density at radius 3 is 2.00 bits per heavy atom. The number of fused-ring (bicyclic) bond motifs is 1. The van der Waals surface area contributed by atoms with E-state index in [1.54, 1.807) is 43.3 Å². The van der Waals surface area contributed by atoms with Crippen molar-refractivity contribution < 1.29 is 23.1 Å². The van der Waals surface area contributed by atoms with E-state index in [4.69, 9.17) is 5.11 Å². The highest BCUT2D eigenvalue weighted by molar-refractivity contribution is 7.90. The lowest BCUT2D eigenvalue weighted by Gasteiger charge is -2.38. The van der Waals surface area contributed by atoms with Gasteiger partial charge in [0.25, 0.3) is 0 Å². The molecular formula is C28H31NO5S. The second kappa shape index (κ2) is 10.4. The van der Waals surface area contributed by atoms with Crippen LogP contribution in [0.3, 0.4) is 0 Å². The minimum absolute atomic E-state index is 0.0641. The lowest BCUT2D eigenvalue weighted by molar-refractivity contribution is -0.117. The summed E-state index contributed by atoms with van der Waals surface area (Å²) in [7, 11) is -3.02. The van der Waals surface area contributed by atoms with Crippen LogP contribution in [0.1, 0.15) is 54.6 Å². The van der Waals surface area contributed by atoms with Crippen molar-refractivity contribution in [2.24, 2.45) is 0 Å². The van der Waals surface area contributed by atoms with Gasteiger partial charge in [0.15, 0.2) is 9.84 Å². The molecule has 0 fully saturated rings. The topological polar surface area (TPSA) is 91.8 Å². The fraction of sp³-hybridized carbons (Fsp3) is 0.286. The number of benzene rings is 3. The smallest absolute Gasteiger partial charge is 0.335 e. The fourth-order valence-electron chi connectivity index (χ4n) is 4.40. The van der Waals surface area contributed by atoms with Crippen LogP contribution in [0, 0.1) is 6.92 Å². The molecule has 6 nitrogen and oxygen atoms in total. The molecule has 3 aromatic rings. The molecule has 0 aliphatic carbocycles. The molecular weight excluding hydrogens is 462 g/mol. The highest BCUT2D eigenvalue weighted by atomic mass is 32.2. The summed E-state index contributed by atoms with van der Waals surface area (Å²) in [6, 6.07) is 20.0. The molecule has 1 aliphatic heterocycles. The predicted octanol–water partition coefficient (Wildman–Crippen LogP) is 5.70. The van der Waals surface area contributed by atoms with E-state index >= 15 is 0 Å². The number of carboxylic acids is 1. The third-order valence-electron chi connectivity index (χ3n) is 6.21. The van der Waals surface area contributed by atoms with Crippen molar-refractivity contribution in [2.45, 2.75) is 51.0 Å². The third kappa shape index (κ3) is 6.17. The number of aromatic carboxylic acids is 1. The number of rotatable bonds is 3. The van der Waals surface area contributed by atoms with Crippen molar-refractivity contribution in [3.05, 3.63) is 83.4 Å². The minimum Gasteiger partial charge on any atom is -0.478 e. The number of nitrogens with zero attached hydrogens (tertiary/aromatic N) is 1. The number of hydrogen-bond donors (Lipinski definition) is 1. The monoisotopic (exact) mass is 493 g/mol. The zero-order valence-electron chi connectivity index (χ0n) is 20.6. The number of carbonyl (C=O) groups excluding carboxylic acids is 1. The van der Waals surface area contributed by atoms with Crippen LogP contribution < -0.4 is 4.90 Å². The Labute approximate surface area is 207 Å². The van der Waals surface area contributed by atoms with Gasteiger partial charge in [0.1, 0.15) is 0 Å². The molecule has 0 saturated carbocycles. The quantitative estimate of drug-likeness (QED) is 0.505. The molecule has 35 heavy (non-hydrogen) atoms. The molecule has 0 radical (unpaired) electrons. The molecule has 0 bridgehead atoms. The van der Waals surface area contributed by atoms with Crippen molar-refractivity contribution in [1.82, 2.24) is 0 Å². The van der Waals surface area contributed by atoms with Crippen molar-refractivity contribution in [3.8, 4) is 11.1 Å². The van der Waals surface area contributed by atoms with Crippen LogP contribution in [0.25, 0.3) is 11.1 Å². The van der Waals surface area contributed by atoms with Gasteiger partial charge in [-0.2, -0.15) is 0 Å². The van der Waals surface area contributed by atoms with Crippen LogP contribution in [-0.2, 0) is 14.6 Å². The SMILES string of the molecule is CC(=O)N1c2ccc(-c3ccc(C(=O)O)cc3)cc2[C@@H](C)CC1C.Cc1ccc(S(C)(=O)=O)cc1. The van der Waals surface area contributed by atoms with Gasteiger partial charge in [0, 0.05) is 24.9 Å². The molecule has 184 valence electrons. The van der Waals surface area contributed by atoms with Gasteiger partial charge in [0.2, 0.25) is 5.91 Å². The van der Waals surface area contributed by atoms with Gasteiger partial charge in [-0.25, -0.2) is 13.2 Å². The Hall–Kier alpha value is -3.45. The van der Waals surface area contributed by atoms with Crippen LogP contribution in [0.2, 0.25) is 0 Å². The first-order valence-electron chi connectivity index (χ1n) is 11.4. The second-order valence-corrected chi connectivity index (χ2v) is 11.1. The molecule has 3 aromatic carbocycles. The maximum Gasteiger partial charge on any atom is 0.335 e. The number of anilines is 1. The number of hydrogen-bond acceptors (Lipinski definition) is 4. The second-order valence-electron chi connectivity index (χ2n) is 9.12. The highest BCUT2D eigenvalue weighted by Gasteiger charge is 2.30. The average Bonchev–Trinajstić information content (AvgIpc) is 2.79. The van der Waals surface area contributed by atoms with Crippen LogP contribution in [0.15, 0.2) is 71.6 Å². The first-order chi connectivity index (χ1) is 16.4. The predicted molar refractivity (Wildman–Crippen MR) is 139 cm³/mol. The van der Waals surface area contributed by atoms with E-state index in [2.05, 4.69) is 19.9 Å². The fourth-order valence-corrected chi connectivity index (χ4v) is 5.03. The van der Waals surface area contributed by atoms with E-state index in [9.17, 15) is 18.0 Å². The first-order valence-corrected chi connectivity index (χ1v) is 13.3. The Morgan fingerprint density at radius 2 is 1.49 bits per heavy atom. The Balaban J connectivity index is 0.000000261. The lowest BCUT2D eigenvalue weighted by atomic mass is 9.85. The standard InChI is InChI=1S/C20H21NO3.C8H10O2S/c1-12-10-13(2)21(14(3)22)19-9-8-17(11-18(12)19)15-4-6-16(7-5-15)20(23)24;1-7-3-5-8(6-4-7)11(2,9)10/h4-9,11-13H,10H2,1-3H3,(H,23,24);3-6H,1-2H3/t12-,13?;/m0./s1. The van der Waals surface area contributed by atoms with E-state index in [-0.39, 0.29) is 17.5 Å². The van der Waals surface area contributed by atoms with E-state index in [1.165, 1.54) is 11.8 Å². The molecule has 0 spiro atoms. The van der Waals surface area contributed by atoms with Crippen molar-refractivity contribution in [1.29, 1.82) is 0 Å². The molecule has 0 aromatic heterocycles. The maximum atomic E-state index is 12.0. The van der Waals surface area contributed by atoms with Crippen molar-refractivity contribution in [2.75, 3.05) is 11.2 Å². The molecule has 2 atom stereocenters. The van der Waals surface area contributed by atoms with Gasteiger partial charge in [-0.3, -0.25) is 4.79 Å². The minimum atomic E-state index is -3.02. The average molecular weight is 494 g/mol. The molecule has 1 N–H and O–H groups in total. The highest BCUT2D eigenvalue weighted by Crippen LogP contribution is 2.40. The number of amides is 1. The lowest BCUT2D eigenvalue weighted by Crippen LogP contribution is -2.41. The summed E-state index contributed by atoms with van der Waals surface area (Å²) < 4.78 is 21.9. The number of carboxylic acid groups (broad SMARTS) is 1. The van der Waals surface area contributed by atoms with Crippen molar-refractivity contribution in [3.63, 3.8) is 0 Å². The van der Waals surface area contributed by atoms with E-state index in [1.807, 2.05) is 36.1 Å². The van der Waals surface area contributed by atoms with Crippen LogP contribution in [0.5, 0.6) is 0 Å². The summed E-state index contributed by atoms with van der Waals surface area (Å²) in [5.41, 5.74) is 5.51. The van der Waals surface area contributed by atoms with Crippen molar-refractivity contribution >= 4 is 27.4 Å². The summed E-state index contributed by atoms with van der Waals surface area (Å²) in [5, 5.41) is 9.01. The largest absolute Gasteiger partial charge is 0.478 e. The molecule has 1 unspecified atom stereocenters. The number of carbonyl (C=O) groups is 2. The van der Waals surface area contributed by atoms with E-state index in [0.29, 0.717) is 10.8 Å². The van der Waals surface area contributed by atoms with E-state index in [0.717, 1.165) is 28.8 Å². The van der Waals surface area contributed by atoms with Gasteiger partial charge in [0.05, 0.1) is 10.5 Å². The number of sulfone groups is 1. The summed E-state index contributed by atoms with van der Waals surface area (Å²) >= 11 is 0. The van der Waals surface area contributed by atoms with E-state index < -0.39 is 15.8 Å². The Kier molecular flexibility index (Phi) is 7.80. The molecule has 1 aliphatic rings. The Morgan fingerprint density at radius 1 is 0.914 bits per heavy atom. The summed E-state index contributed by atoms with van der Waals surface area (Å²) in [4.78, 5) is 25.2. The molecule has 1 amide bonds. The van der Waals surface area contributed by atoms with Gasteiger partial charge < -0.3 is 10.0 Å². The Bertz CT molecular complexity index is 1330. The molecule has 1 heterocycles. The summed E-state index contributed by atoms with van der Waals surface area (Å²) in [6.45, 7) is 7.80.